The second-order valence-electron chi connectivity index (χ2n) is 5.64. The number of amides is 1. The smallest absolute Gasteiger partial charge is 0.255 e. The first kappa shape index (κ1) is 13.7. The van der Waals surface area contributed by atoms with Gasteiger partial charge in [0.15, 0.2) is 0 Å². The number of hydrogen-bond acceptors (Lipinski definition) is 2. The van der Waals surface area contributed by atoms with Crippen molar-refractivity contribution in [3.8, 4) is 11.4 Å². The van der Waals surface area contributed by atoms with Crippen LogP contribution in [0.4, 0.5) is 0 Å². The van der Waals surface area contributed by atoms with Gasteiger partial charge in [0.2, 0.25) is 0 Å². The number of aryl methyl sites for hydroxylation is 1. The lowest BCUT2D eigenvalue weighted by Gasteiger charge is -2.15. The largest absolute Gasteiger partial charge is 0.508 e. The normalized spacial score (nSPS) is 14.7. The minimum Gasteiger partial charge on any atom is -0.508 e. The minimum atomic E-state index is 0.130. The van der Waals surface area contributed by atoms with Crippen LogP contribution in [0.1, 0.15) is 34.6 Å². The molecule has 1 fully saturated rings. The average molecular weight is 284 g/mol. The molecule has 0 bridgehead atoms. The molecular weight excluding hydrogens is 264 g/mol. The topological polar surface area (TPSA) is 45.5 Å². The van der Waals surface area contributed by atoms with Crippen molar-refractivity contribution in [2.24, 2.45) is 0 Å². The Balaban J connectivity index is 2.00. The maximum atomic E-state index is 12.6. The molecule has 0 saturated carbocycles. The highest BCUT2D eigenvalue weighted by Gasteiger charge is 2.23. The first-order valence-electron chi connectivity index (χ1n) is 7.35. The van der Waals surface area contributed by atoms with Crippen LogP contribution in [0, 0.1) is 13.8 Å². The van der Waals surface area contributed by atoms with Crippen LogP contribution >= 0.6 is 0 Å². The van der Waals surface area contributed by atoms with E-state index in [-0.39, 0.29) is 11.7 Å². The predicted octanol–water partition coefficient (Wildman–Crippen LogP) is 3.04. The Kier molecular flexibility index (Phi) is 3.45. The number of aromatic nitrogens is 1. The van der Waals surface area contributed by atoms with E-state index in [2.05, 4.69) is 4.57 Å². The van der Waals surface area contributed by atoms with Crippen molar-refractivity contribution in [3.05, 3.63) is 47.3 Å². The van der Waals surface area contributed by atoms with Gasteiger partial charge in [0.05, 0.1) is 5.56 Å². The highest BCUT2D eigenvalue weighted by Crippen LogP contribution is 2.24. The molecule has 3 rings (SSSR count). The number of benzene rings is 1. The first-order valence-corrected chi connectivity index (χ1v) is 7.35. The number of nitrogens with zero attached hydrogens (tertiary/aromatic N) is 2. The van der Waals surface area contributed by atoms with E-state index in [0.29, 0.717) is 0 Å². The summed E-state index contributed by atoms with van der Waals surface area (Å²) in [5.41, 5.74) is 3.72. The van der Waals surface area contributed by atoms with E-state index in [0.717, 1.165) is 48.6 Å². The highest BCUT2D eigenvalue weighted by molar-refractivity contribution is 5.96. The first-order chi connectivity index (χ1) is 10.1. The summed E-state index contributed by atoms with van der Waals surface area (Å²) in [5.74, 6) is 0.375. The number of phenols is 1. The molecule has 0 spiro atoms. The SMILES string of the molecule is Cc1cc(C(=O)N2CCCC2)c(C)n1-c1ccc(O)cc1. The summed E-state index contributed by atoms with van der Waals surface area (Å²) in [6, 6.07) is 9.01. The summed E-state index contributed by atoms with van der Waals surface area (Å²) in [4.78, 5) is 14.5. The van der Waals surface area contributed by atoms with Crippen LogP contribution in [0.25, 0.3) is 5.69 Å². The molecule has 2 heterocycles. The molecule has 0 unspecified atom stereocenters. The maximum absolute atomic E-state index is 12.6. The Labute approximate surface area is 124 Å². The minimum absolute atomic E-state index is 0.130. The Hall–Kier alpha value is -2.23. The fraction of sp³-hybridized carbons (Fsp3) is 0.353. The van der Waals surface area contributed by atoms with Gasteiger partial charge in [-0.2, -0.15) is 0 Å². The predicted molar refractivity (Wildman–Crippen MR) is 82.0 cm³/mol. The van der Waals surface area contributed by atoms with Gasteiger partial charge < -0.3 is 14.6 Å². The summed E-state index contributed by atoms with van der Waals surface area (Å²) in [5, 5.41) is 9.41. The number of phenolic OH excluding ortho intramolecular Hbond substituents is 1. The fourth-order valence-electron chi connectivity index (χ4n) is 3.07. The van der Waals surface area contributed by atoms with Gasteiger partial charge in [-0.1, -0.05) is 0 Å². The standard InChI is InChI=1S/C17H20N2O2/c1-12-11-16(17(21)18-9-3-4-10-18)13(2)19(12)14-5-7-15(20)8-6-14/h5-8,11,20H,3-4,9-10H2,1-2H3. The van der Waals surface area contributed by atoms with Crippen LogP contribution in [0.2, 0.25) is 0 Å². The van der Waals surface area contributed by atoms with Gasteiger partial charge in [-0.25, -0.2) is 0 Å². The molecule has 4 heteroatoms. The Morgan fingerprint density at radius 1 is 1.10 bits per heavy atom. The molecule has 2 aromatic rings. The van der Waals surface area contributed by atoms with Crippen molar-refractivity contribution in [2.45, 2.75) is 26.7 Å². The Morgan fingerprint density at radius 2 is 1.71 bits per heavy atom. The van der Waals surface area contributed by atoms with Crippen molar-refractivity contribution >= 4 is 5.91 Å². The highest BCUT2D eigenvalue weighted by atomic mass is 16.3. The van der Waals surface area contributed by atoms with E-state index in [9.17, 15) is 9.90 Å². The molecule has 4 nitrogen and oxygen atoms in total. The average Bonchev–Trinajstić information content (AvgIpc) is 3.08. The lowest BCUT2D eigenvalue weighted by molar-refractivity contribution is 0.0792. The molecule has 110 valence electrons. The van der Waals surface area contributed by atoms with Crippen molar-refractivity contribution in [1.82, 2.24) is 9.47 Å². The molecule has 1 aromatic carbocycles. The van der Waals surface area contributed by atoms with Gasteiger partial charge in [-0.15, -0.1) is 0 Å². The zero-order chi connectivity index (χ0) is 15.0. The maximum Gasteiger partial charge on any atom is 0.255 e. The van der Waals surface area contributed by atoms with E-state index in [4.69, 9.17) is 0 Å². The van der Waals surface area contributed by atoms with Crippen LogP contribution in [0.5, 0.6) is 5.75 Å². The molecule has 1 N–H and O–H groups in total. The van der Waals surface area contributed by atoms with Gasteiger partial charge in [0.1, 0.15) is 5.75 Å². The Morgan fingerprint density at radius 3 is 2.33 bits per heavy atom. The summed E-state index contributed by atoms with van der Waals surface area (Å²) >= 11 is 0. The number of carbonyl (C=O) groups is 1. The lowest BCUT2D eigenvalue weighted by atomic mass is 10.2. The molecule has 1 aliphatic rings. The van der Waals surface area contributed by atoms with Crippen LogP contribution < -0.4 is 0 Å². The van der Waals surface area contributed by atoms with E-state index in [1.165, 1.54) is 0 Å². The third kappa shape index (κ3) is 2.42. The van der Waals surface area contributed by atoms with Crippen LogP contribution in [0.3, 0.4) is 0 Å². The fourth-order valence-corrected chi connectivity index (χ4v) is 3.07. The molecule has 1 saturated heterocycles. The summed E-state index contributed by atoms with van der Waals surface area (Å²) in [6.45, 7) is 5.70. The van der Waals surface area contributed by atoms with Crippen LogP contribution in [0.15, 0.2) is 30.3 Å². The van der Waals surface area contributed by atoms with Crippen LogP contribution in [-0.4, -0.2) is 33.6 Å². The summed E-state index contributed by atoms with van der Waals surface area (Å²) in [6.07, 6.45) is 2.20. The molecule has 1 amide bonds. The van der Waals surface area contributed by atoms with E-state index in [1.807, 2.05) is 36.9 Å². The molecule has 0 radical (unpaired) electrons. The van der Waals surface area contributed by atoms with Gasteiger partial charge in [-0.05, 0) is 57.0 Å². The second-order valence-corrected chi connectivity index (χ2v) is 5.64. The van der Waals surface area contributed by atoms with E-state index in [1.54, 1.807) is 12.1 Å². The lowest BCUT2D eigenvalue weighted by Crippen LogP contribution is -2.27. The monoisotopic (exact) mass is 284 g/mol. The molecule has 1 aliphatic heterocycles. The number of hydrogen-bond donors (Lipinski definition) is 1. The molecule has 21 heavy (non-hydrogen) atoms. The quantitative estimate of drug-likeness (QED) is 0.921. The van der Waals surface area contributed by atoms with Gasteiger partial charge >= 0.3 is 0 Å². The number of rotatable bonds is 2. The molecular formula is C17H20N2O2. The van der Waals surface area contributed by atoms with Gasteiger partial charge in [0.25, 0.3) is 5.91 Å². The van der Waals surface area contributed by atoms with Crippen molar-refractivity contribution in [1.29, 1.82) is 0 Å². The van der Waals surface area contributed by atoms with Crippen molar-refractivity contribution in [3.63, 3.8) is 0 Å². The number of aromatic hydroxyl groups is 1. The van der Waals surface area contributed by atoms with E-state index >= 15 is 0 Å². The van der Waals surface area contributed by atoms with E-state index < -0.39 is 0 Å². The van der Waals surface area contributed by atoms with Crippen molar-refractivity contribution in [2.75, 3.05) is 13.1 Å². The number of carbonyl (C=O) groups excluding carboxylic acids is 1. The molecule has 1 aromatic heterocycles. The summed E-state index contributed by atoms with van der Waals surface area (Å²) in [7, 11) is 0. The van der Waals surface area contributed by atoms with Gasteiger partial charge in [0, 0.05) is 30.2 Å². The Bertz CT molecular complexity index is 665. The van der Waals surface area contributed by atoms with Gasteiger partial charge in [-0.3, -0.25) is 4.79 Å². The zero-order valence-corrected chi connectivity index (χ0v) is 12.5. The van der Waals surface area contributed by atoms with Crippen molar-refractivity contribution < 1.29 is 9.90 Å². The third-order valence-electron chi connectivity index (χ3n) is 4.16. The molecule has 0 aliphatic carbocycles. The second kappa shape index (κ2) is 5.28. The zero-order valence-electron chi connectivity index (χ0n) is 12.5. The van der Waals surface area contributed by atoms with Crippen LogP contribution in [-0.2, 0) is 0 Å². The number of likely N-dealkylation sites (tertiary alicyclic amines) is 1. The summed E-state index contributed by atoms with van der Waals surface area (Å²) < 4.78 is 2.06. The molecule has 0 atom stereocenters. The third-order valence-corrected chi connectivity index (χ3v) is 4.16.